The van der Waals surface area contributed by atoms with Crippen molar-refractivity contribution < 1.29 is 26.6 Å². The molecular formula is C21H20BF4N3O. The predicted octanol–water partition coefficient (Wildman–Crippen LogP) is 4.52. The molecule has 0 atom stereocenters. The summed E-state index contributed by atoms with van der Waals surface area (Å²) < 4.78 is 61.8. The highest BCUT2D eigenvalue weighted by molar-refractivity contribution is 6.58. The number of aromatic nitrogens is 1. The van der Waals surface area contributed by atoms with Crippen molar-refractivity contribution in [1.82, 2.24) is 4.48 Å². The lowest BCUT2D eigenvalue weighted by molar-refractivity contribution is -0.356. The molecule has 4 rings (SSSR count). The number of alkyl halides is 2. The summed E-state index contributed by atoms with van der Waals surface area (Å²) in [5.41, 5.74) is 9.30. The van der Waals surface area contributed by atoms with Gasteiger partial charge in [-0.15, -0.1) is 0 Å². The fraction of sp³-hybridized carbons (Fsp3) is 0.190. The van der Waals surface area contributed by atoms with Crippen LogP contribution < -0.4 is 10.5 Å². The zero-order valence-electron chi connectivity index (χ0n) is 16.2. The number of hydrogen-bond acceptors (Lipinski definition) is 2. The molecule has 1 aromatic heterocycles. The van der Waals surface area contributed by atoms with Crippen LogP contribution in [0.25, 0.3) is 17.7 Å². The van der Waals surface area contributed by atoms with Crippen molar-refractivity contribution in [3.05, 3.63) is 70.7 Å². The Hall–Kier alpha value is -3.07. The third-order valence-corrected chi connectivity index (χ3v) is 5.22. The molecule has 4 nitrogen and oxygen atoms in total. The van der Waals surface area contributed by atoms with Gasteiger partial charge in [0, 0.05) is 29.1 Å². The fourth-order valence-corrected chi connectivity index (χ4v) is 4.02. The average molecular weight is 417 g/mol. The summed E-state index contributed by atoms with van der Waals surface area (Å²) in [6.45, 7) is -4.81. The SMILES string of the molecule is Cc1cc(C=Cc2ccc(OC(F)F)cc2)n2c1C(CCN)=C1C=CC=[N+]1[B-]2(F)F. The standard InChI is InChI=1S/C21H20BF4N3O/c1-14-13-16(7-4-15-5-8-17(9-6-15)30-21(23)24)29-20(14)18(10-11-27)19-3-2-12-28(19)22(29,25)26/h2-9,12-13,21H,10-11,27H2,1H3. The molecular weight excluding hydrogens is 397 g/mol. The van der Waals surface area contributed by atoms with Crippen molar-refractivity contribution in [2.45, 2.75) is 20.0 Å². The maximum absolute atomic E-state index is 15.4. The van der Waals surface area contributed by atoms with Gasteiger partial charge < -0.3 is 28.1 Å². The Morgan fingerprint density at radius 1 is 1.20 bits per heavy atom. The molecule has 30 heavy (non-hydrogen) atoms. The molecule has 0 saturated heterocycles. The van der Waals surface area contributed by atoms with Crippen LogP contribution in [0.2, 0.25) is 0 Å². The van der Waals surface area contributed by atoms with Crippen LogP contribution in [0, 0.1) is 6.92 Å². The highest BCUT2D eigenvalue weighted by atomic mass is 19.3. The zero-order valence-corrected chi connectivity index (χ0v) is 16.2. The molecule has 3 heterocycles. The van der Waals surface area contributed by atoms with E-state index in [1.165, 1.54) is 18.3 Å². The van der Waals surface area contributed by atoms with Gasteiger partial charge >= 0.3 is 13.6 Å². The Morgan fingerprint density at radius 3 is 2.60 bits per heavy atom. The molecule has 0 spiro atoms. The number of ether oxygens (including phenoxy) is 1. The molecule has 9 heteroatoms. The van der Waals surface area contributed by atoms with Gasteiger partial charge in [0.05, 0.1) is 0 Å². The maximum Gasteiger partial charge on any atom is 0.737 e. The predicted molar refractivity (Wildman–Crippen MR) is 111 cm³/mol. The first kappa shape index (κ1) is 20.2. The van der Waals surface area contributed by atoms with Gasteiger partial charge in [-0.25, -0.2) is 0 Å². The second-order valence-electron chi connectivity index (χ2n) is 7.16. The molecule has 2 aromatic rings. The molecule has 1 aromatic carbocycles. The smallest absolute Gasteiger partial charge is 0.435 e. The van der Waals surface area contributed by atoms with Crippen LogP contribution in [-0.4, -0.2) is 35.3 Å². The number of aryl methyl sites for hydroxylation is 1. The Morgan fingerprint density at radius 2 is 1.93 bits per heavy atom. The number of rotatable bonds is 6. The number of halogens is 4. The van der Waals surface area contributed by atoms with E-state index in [0.717, 1.165) is 20.1 Å². The van der Waals surface area contributed by atoms with E-state index in [4.69, 9.17) is 5.73 Å². The molecule has 0 unspecified atom stereocenters. The molecule has 2 N–H and O–H groups in total. The Labute approximate surface area is 171 Å². The number of hydrogen-bond donors (Lipinski definition) is 1. The number of allylic oxidation sites excluding steroid dienone is 2. The summed E-state index contributed by atoms with van der Waals surface area (Å²) in [4.78, 5) is 0. The van der Waals surface area contributed by atoms with E-state index >= 15 is 8.63 Å². The van der Waals surface area contributed by atoms with E-state index in [0.29, 0.717) is 35.6 Å². The summed E-state index contributed by atoms with van der Waals surface area (Å²) in [7, 11) is 0. The minimum atomic E-state index is -4.07. The average Bonchev–Trinajstić information content (AvgIpc) is 3.30. The summed E-state index contributed by atoms with van der Waals surface area (Å²) in [5, 5.41) is 0. The lowest BCUT2D eigenvalue weighted by atomic mass is 9.86. The molecule has 0 radical (unpaired) electrons. The second kappa shape index (κ2) is 7.64. The highest BCUT2D eigenvalue weighted by Gasteiger charge is 2.52. The third-order valence-electron chi connectivity index (χ3n) is 5.22. The first-order valence-electron chi connectivity index (χ1n) is 9.53. The van der Waals surface area contributed by atoms with Gasteiger partial charge in [0.1, 0.15) is 12.0 Å². The third kappa shape index (κ3) is 3.39. The molecule has 2 aliphatic rings. The number of nitrogens with two attached hydrogens (primary N) is 1. The maximum atomic E-state index is 15.4. The molecule has 0 fully saturated rings. The van der Waals surface area contributed by atoms with E-state index in [9.17, 15) is 8.78 Å². The van der Waals surface area contributed by atoms with E-state index in [2.05, 4.69) is 4.74 Å². The van der Waals surface area contributed by atoms with Crippen molar-refractivity contribution >= 4 is 30.9 Å². The van der Waals surface area contributed by atoms with Crippen LogP contribution in [0.3, 0.4) is 0 Å². The summed E-state index contributed by atoms with van der Waals surface area (Å²) >= 11 is 0. The fourth-order valence-electron chi connectivity index (χ4n) is 4.02. The summed E-state index contributed by atoms with van der Waals surface area (Å²) in [6, 6.07) is 7.70. The Kier molecular flexibility index (Phi) is 5.15. The van der Waals surface area contributed by atoms with Crippen molar-refractivity contribution in [3.8, 4) is 5.75 Å². The van der Waals surface area contributed by atoms with Crippen LogP contribution in [0.4, 0.5) is 17.4 Å². The van der Waals surface area contributed by atoms with E-state index < -0.39 is 13.6 Å². The van der Waals surface area contributed by atoms with Crippen LogP contribution in [-0.2, 0) is 0 Å². The Bertz CT molecular complexity index is 1100. The van der Waals surface area contributed by atoms with E-state index in [1.807, 2.05) is 0 Å². The van der Waals surface area contributed by atoms with Gasteiger partial charge in [0.25, 0.3) is 0 Å². The van der Waals surface area contributed by atoms with Crippen molar-refractivity contribution in [2.75, 3.05) is 6.54 Å². The molecule has 0 bridgehead atoms. The highest BCUT2D eigenvalue weighted by Crippen LogP contribution is 2.40. The van der Waals surface area contributed by atoms with Crippen molar-refractivity contribution in [1.29, 1.82) is 0 Å². The van der Waals surface area contributed by atoms with E-state index in [-0.39, 0.29) is 5.75 Å². The summed E-state index contributed by atoms with van der Waals surface area (Å²) in [6.07, 6.45) is 8.43. The Balaban J connectivity index is 1.74. The number of nitrogens with zero attached hydrogens (tertiary/aromatic N) is 2. The van der Waals surface area contributed by atoms with E-state index in [1.54, 1.807) is 49.4 Å². The lowest BCUT2D eigenvalue weighted by Gasteiger charge is -2.32. The molecule has 2 aliphatic heterocycles. The summed E-state index contributed by atoms with van der Waals surface area (Å²) in [5.74, 6) is 0.0362. The first-order chi connectivity index (χ1) is 14.3. The minimum Gasteiger partial charge on any atom is -0.435 e. The van der Waals surface area contributed by atoms with Gasteiger partial charge in [-0.05, 0) is 55.3 Å². The largest absolute Gasteiger partial charge is 0.737 e. The van der Waals surface area contributed by atoms with Gasteiger partial charge in [-0.2, -0.15) is 8.78 Å². The van der Waals surface area contributed by atoms with Gasteiger partial charge in [0.2, 0.25) is 0 Å². The van der Waals surface area contributed by atoms with Crippen LogP contribution in [0.5, 0.6) is 5.75 Å². The van der Waals surface area contributed by atoms with Crippen molar-refractivity contribution in [3.63, 3.8) is 0 Å². The van der Waals surface area contributed by atoms with Gasteiger partial charge in [0.15, 0.2) is 5.70 Å². The number of benzene rings is 1. The molecule has 0 amide bonds. The lowest BCUT2D eigenvalue weighted by Crippen LogP contribution is -2.50. The van der Waals surface area contributed by atoms with Crippen LogP contribution in [0.15, 0.2) is 48.2 Å². The van der Waals surface area contributed by atoms with Crippen LogP contribution >= 0.6 is 0 Å². The minimum absolute atomic E-state index is 0.0362. The van der Waals surface area contributed by atoms with Gasteiger partial charge in [-0.1, -0.05) is 18.2 Å². The molecule has 0 aliphatic carbocycles. The number of fused-ring (bicyclic) bond motifs is 2. The first-order valence-corrected chi connectivity index (χ1v) is 9.53. The molecule has 156 valence electrons. The normalized spacial score (nSPS) is 17.0. The van der Waals surface area contributed by atoms with Crippen LogP contribution in [0.1, 0.15) is 28.9 Å². The monoisotopic (exact) mass is 417 g/mol. The second-order valence-corrected chi connectivity index (χ2v) is 7.16. The van der Waals surface area contributed by atoms with Crippen molar-refractivity contribution in [2.24, 2.45) is 5.73 Å². The zero-order chi connectivity index (χ0) is 21.5. The quantitative estimate of drug-likeness (QED) is 0.555. The molecule has 0 saturated carbocycles. The van der Waals surface area contributed by atoms with Gasteiger partial charge in [-0.3, -0.25) is 0 Å². The topological polar surface area (TPSA) is 43.2 Å².